The smallest absolute Gasteiger partial charge is 0.311 e. The van der Waals surface area contributed by atoms with Crippen LogP contribution in [0.4, 0.5) is 5.69 Å². The summed E-state index contributed by atoms with van der Waals surface area (Å²) in [6.45, 7) is 3.31. The van der Waals surface area contributed by atoms with Gasteiger partial charge in [-0.1, -0.05) is 30.3 Å². The highest BCUT2D eigenvalue weighted by Crippen LogP contribution is 2.27. The summed E-state index contributed by atoms with van der Waals surface area (Å²) in [7, 11) is 1.35. The Labute approximate surface area is 163 Å². The Morgan fingerprint density at radius 1 is 1.32 bits per heavy atom. The third-order valence-corrected chi connectivity index (χ3v) is 4.60. The number of nitro groups is 1. The Hall–Kier alpha value is -2.97. The average molecular weight is 385 g/mol. The predicted molar refractivity (Wildman–Crippen MR) is 103 cm³/mol. The van der Waals surface area contributed by atoms with Crippen LogP contribution in [-0.4, -0.2) is 55.2 Å². The minimum absolute atomic E-state index is 0.119. The molecule has 1 N–H and O–H groups in total. The van der Waals surface area contributed by atoms with Crippen molar-refractivity contribution in [2.24, 2.45) is 0 Å². The number of hydrogen-bond acceptors (Lipinski definition) is 6. The third kappa shape index (κ3) is 5.05. The fraction of sp³-hybridized carbons (Fsp3) is 0.350. The van der Waals surface area contributed by atoms with Gasteiger partial charge in [0, 0.05) is 37.8 Å². The van der Waals surface area contributed by atoms with Crippen molar-refractivity contribution >= 4 is 11.6 Å². The first-order chi connectivity index (χ1) is 13.6. The summed E-state index contributed by atoms with van der Waals surface area (Å²) in [6.07, 6.45) is -0.130. The van der Waals surface area contributed by atoms with Crippen molar-refractivity contribution in [3.8, 4) is 5.75 Å². The summed E-state index contributed by atoms with van der Waals surface area (Å²) in [5.41, 5.74) is 1.21. The largest absolute Gasteiger partial charge is 0.490 e. The van der Waals surface area contributed by atoms with Gasteiger partial charge in [0.05, 0.1) is 24.7 Å². The van der Waals surface area contributed by atoms with E-state index in [-0.39, 0.29) is 29.0 Å². The third-order valence-electron chi connectivity index (χ3n) is 4.60. The Balaban J connectivity index is 1.55. The first kappa shape index (κ1) is 19.8. The van der Waals surface area contributed by atoms with Gasteiger partial charge in [0.1, 0.15) is 0 Å². The van der Waals surface area contributed by atoms with E-state index >= 15 is 0 Å². The maximum atomic E-state index is 12.4. The summed E-state index contributed by atoms with van der Waals surface area (Å²) in [5, 5.41) is 13.9. The molecular formula is C20H23N3O5. The van der Waals surface area contributed by atoms with Crippen LogP contribution in [0, 0.1) is 10.1 Å². The molecule has 2 aromatic carbocycles. The summed E-state index contributed by atoms with van der Waals surface area (Å²) in [6, 6.07) is 14.3. The summed E-state index contributed by atoms with van der Waals surface area (Å²) in [5.74, 6) is -0.261. The van der Waals surface area contributed by atoms with Gasteiger partial charge in [-0.15, -0.1) is 0 Å². The van der Waals surface area contributed by atoms with E-state index in [1.807, 2.05) is 18.2 Å². The van der Waals surface area contributed by atoms with E-state index in [0.29, 0.717) is 19.7 Å². The molecule has 28 heavy (non-hydrogen) atoms. The molecular weight excluding hydrogens is 362 g/mol. The molecule has 8 heteroatoms. The van der Waals surface area contributed by atoms with Gasteiger partial charge in [0.25, 0.3) is 5.91 Å². The second-order valence-electron chi connectivity index (χ2n) is 6.57. The van der Waals surface area contributed by atoms with Gasteiger partial charge in [-0.25, -0.2) is 0 Å². The summed E-state index contributed by atoms with van der Waals surface area (Å²) in [4.78, 5) is 25.2. The van der Waals surface area contributed by atoms with Gasteiger partial charge in [0.2, 0.25) is 0 Å². The molecule has 1 saturated heterocycles. The Morgan fingerprint density at radius 3 is 2.82 bits per heavy atom. The maximum Gasteiger partial charge on any atom is 0.311 e. The molecule has 0 aliphatic carbocycles. The van der Waals surface area contributed by atoms with Crippen molar-refractivity contribution in [1.82, 2.24) is 10.2 Å². The lowest BCUT2D eigenvalue weighted by molar-refractivity contribution is -0.385. The van der Waals surface area contributed by atoms with Gasteiger partial charge >= 0.3 is 5.69 Å². The van der Waals surface area contributed by atoms with Crippen LogP contribution in [0.25, 0.3) is 0 Å². The van der Waals surface area contributed by atoms with E-state index in [2.05, 4.69) is 22.3 Å². The number of ether oxygens (including phenoxy) is 2. The molecule has 1 amide bonds. The van der Waals surface area contributed by atoms with Crippen LogP contribution >= 0.6 is 0 Å². The van der Waals surface area contributed by atoms with E-state index < -0.39 is 4.92 Å². The molecule has 0 bridgehead atoms. The van der Waals surface area contributed by atoms with Crippen LogP contribution < -0.4 is 10.1 Å². The zero-order valence-corrected chi connectivity index (χ0v) is 15.7. The summed E-state index contributed by atoms with van der Waals surface area (Å²) >= 11 is 0. The first-order valence-corrected chi connectivity index (χ1v) is 9.05. The molecule has 0 aromatic heterocycles. The Morgan fingerprint density at radius 2 is 2.11 bits per heavy atom. The monoisotopic (exact) mass is 385 g/mol. The van der Waals surface area contributed by atoms with Crippen LogP contribution in [-0.2, 0) is 11.3 Å². The predicted octanol–water partition coefficient (Wildman–Crippen LogP) is 2.23. The van der Waals surface area contributed by atoms with Gasteiger partial charge < -0.3 is 14.8 Å². The van der Waals surface area contributed by atoms with E-state index in [1.54, 1.807) is 0 Å². The molecule has 1 aliphatic rings. The second-order valence-corrected chi connectivity index (χ2v) is 6.57. The quantitative estimate of drug-likeness (QED) is 0.580. The molecule has 148 valence electrons. The van der Waals surface area contributed by atoms with E-state index in [0.717, 1.165) is 13.1 Å². The zero-order valence-electron chi connectivity index (χ0n) is 15.7. The van der Waals surface area contributed by atoms with E-state index in [9.17, 15) is 14.9 Å². The number of rotatable bonds is 7. The summed E-state index contributed by atoms with van der Waals surface area (Å²) < 4.78 is 10.7. The van der Waals surface area contributed by atoms with Crippen LogP contribution in [0.5, 0.6) is 5.75 Å². The Kier molecular flexibility index (Phi) is 6.57. The van der Waals surface area contributed by atoms with Crippen molar-refractivity contribution in [3.63, 3.8) is 0 Å². The van der Waals surface area contributed by atoms with Crippen LogP contribution in [0.1, 0.15) is 15.9 Å². The lowest BCUT2D eigenvalue weighted by Gasteiger charge is -2.33. The fourth-order valence-electron chi connectivity index (χ4n) is 3.17. The zero-order chi connectivity index (χ0) is 19.9. The highest BCUT2D eigenvalue weighted by molar-refractivity contribution is 5.95. The molecule has 1 aliphatic heterocycles. The van der Waals surface area contributed by atoms with Crippen LogP contribution in [0.15, 0.2) is 48.5 Å². The number of carbonyl (C=O) groups excluding carboxylic acids is 1. The topological polar surface area (TPSA) is 93.9 Å². The number of methoxy groups -OCH3 is 1. The van der Waals surface area contributed by atoms with Gasteiger partial charge in [-0.2, -0.15) is 0 Å². The molecule has 1 unspecified atom stereocenters. The number of nitro benzene ring substituents is 1. The number of amides is 1. The number of hydrogen-bond donors (Lipinski definition) is 1. The molecule has 3 rings (SSSR count). The maximum absolute atomic E-state index is 12.4. The Bertz CT molecular complexity index is 828. The molecule has 8 nitrogen and oxygen atoms in total. The normalized spacial score (nSPS) is 17.1. The molecule has 1 atom stereocenters. The highest BCUT2D eigenvalue weighted by Gasteiger charge is 2.22. The molecule has 1 heterocycles. The molecule has 0 saturated carbocycles. The van der Waals surface area contributed by atoms with E-state index in [4.69, 9.17) is 9.47 Å². The van der Waals surface area contributed by atoms with Crippen LogP contribution in [0.2, 0.25) is 0 Å². The van der Waals surface area contributed by atoms with Gasteiger partial charge in [-0.3, -0.25) is 19.8 Å². The van der Waals surface area contributed by atoms with Crippen molar-refractivity contribution in [2.45, 2.75) is 12.6 Å². The standard InChI is InChI=1S/C20H23N3O5/c1-27-19-8-7-16(11-18(19)23(25)26)20(24)21-12-17-14-22(9-10-28-17)13-15-5-3-2-4-6-15/h2-8,11,17H,9-10,12-14H2,1H3,(H,21,24). The molecule has 2 aromatic rings. The van der Waals surface area contributed by atoms with E-state index in [1.165, 1.54) is 30.9 Å². The number of nitrogens with zero attached hydrogens (tertiary/aromatic N) is 2. The number of morpholine rings is 1. The minimum Gasteiger partial charge on any atom is -0.490 e. The molecule has 1 fully saturated rings. The minimum atomic E-state index is -0.568. The first-order valence-electron chi connectivity index (χ1n) is 9.05. The van der Waals surface area contributed by atoms with Crippen molar-refractivity contribution in [3.05, 3.63) is 69.8 Å². The number of nitrogens with one attached hydrogen (secondary N) is 1. The van der Waals surface area contributed by atoms with Crippen LogP contribution in [0.3, 0.4) is 0 Å². The van der Waals surface area contributed by atoms with Gasteiger partial charge in [0.15, 0.2) is 5.75 Å². The number of carbonyl (C=O) groups is 1. The molecule has 0 spiro atoms. The SMILES string of the molecule is COc1ccc(C(=O)NCC2CN(Cc3ccccc3)CCO2)cc1[N+](=O)[O-]. The molecule has 0 radical (unpaired) electrons. The lowest BCUT2D eigenvalue weighted by atomic mass is 10.1. The number of benzene rings is 2. The van der Waals surface area contributed by atoms with Crippen molar-refractivity contribution in [2.75, 3.05) is 33.4 Å². The van der Waals surface area contributed by atoms with Gasteiger partial charge in [-0.05, 0) is 17.7 Å². The lowest BCUT2D eigenvalue weighted by Crippen LogP contribution is -2.47. The van der Waals surface area contributed by atoms with Crippen molar-refractivity contribution < 1.29 is 19.2 Å². The second kappa shape index (κ2) is 9.29. The highest BCUT2D eigenvalue weighted by atomic mass is 16.6. The average Bonchev–Trinajstić information content (AvgIpc) is 2.72. The van der Waals surface area contributed by atoms with Crippen molar-refractivity contribution in [1.29, 1.82) is 0 Å². The fourth-order valence-corrected chi connectivity index (χ4v) is 3.17.